The van der Waals surface area contributed by atoms with Gasteiger partial charge in [0.2, 0.25) is 5.91 Å². The maximum absolute atomic E-state index is 13.2. The predicted molar refractivity (Wildman–Crippen MR) is 120 cm³/mol. The van der Waals surface area contributed by atoms with Crippen LogP contribution < -0.4 is 10.2 Å². The molecule has 2 atom stereocenters. The number of amides is 1. The smallest absolute Gasteiger partial charge is 0.323 e. The molecule has 2 N–H and O–H groups in total. The van der Waals surface area contributed by atoms with Crippen LogP contribution in [0.25, 0.3) is 0 Å². The van der Waals surface area contributed by atoms with Crippen molar-refractivity contribution in [1.29, 1.82) is 0 Å². The molecule has 0 radical (unpaired) electrons. The van der Waals surface area contributed by atoms with Crippen molar-refractivity contribution in [3.63, 3.8) is 0 Å². The summed E-state index contributed by atoms with van der Waals surface area (Å²) in [5.74, 6) is -0.744. The van der Waals surface area contributed by atoms with Crippen molar-refractivity contribution in [1.82, 2.24) is 5.32 Å². The molecule has 8 heteroatoms. The van der Waals surface area contributed by atoms with Crippen LogP contribution in [0.2, 0.25) is 0 Å². The number of carbonyl (C=O) groups excluding carboxylic acids is 2. The van der Waals surface area contributed by atoms with Gasteiger partial charge in [0.15, 0.2) is 0 Å². The van der Waals surface area contributed by atoms with Gasteiger partial charge in [-0.05, 0) is 50.8 Å². The van der Waals surface area contributed by atoms with Crippen molar-refractivity contribution in [2.75, 3.05) is 30.3 Å². The van der Waals surface area contributed by atoms with Gasteiger partial charge in [0, 0.05) is 10.6 Å². The van der Waals surface area contributed by atoms with Gasteiger partial charge in [0.1, 0.15) is 6.54 Å². The number of nitrogens with zero attached hydrogens (tertiary/aromatic N) is 1. The number of hydrogen-bond donors (Lipinski definition) is 2. The van der Waals surface area contributed by atoms with E-state index in [4.69, 9.17) is 4.74 Å². The Morgan fingerprint density at radius 2 is 2.00 bits per heavy atom. The normalized spacial score (nSPS) is 20.6. The number of carbonyl (C=O) groups is 3. The summed E-state index contributed by atoms with van der Waals surface area (Å²) in [6.07, 6.45) is 6.22. The van der Waals surface area contributed by atoms with Gasteiger partial charge >= 0.3 is 11.9 Å². The van der Waals surface area contributed by atoms with Gasteiger partial charge in [-0.2, -0.15) is 0 Å². The molecule has 1 aromatic carbocycles. The van der Waals surface area contributed by atoms with Crippen LogP contribution in [0.15, 0.2) is 29.2 Å². The van der Waals surface area contributed by atoms with Crippen LogP contribution in [0.5, 0.6) is 0 Å². The summed E-state index contributed by atoms with van der Waals surface area (Å²) in [6.45, 7) is 2.33. The molecule has 0 saturated heterocycles. The third kappa shape index (κ3) is 6.23. The van der Waals surface area contributed by atoms with E-state index in [2.05, 4.69) is 5.32 Å². The number of aliphatic carboxylic acids is 1. The summed E-state index contributed by atoms with van der Waals surface area (Å²) in [5.41, 5.74) is 0.635. The van der Waals surface area contributed by atoms with E-state index in [1.54, 1.807) is 17.8 Å². The Hall–Kier alpha value is -2.06. The predicted octanol–water partition coefficient (Wildman–Crippen LogP) is 3.32. The lowest BCUT2D eigenvalue weighted by molar-refractivity contribution is -0.150. The summed E-state index contributed by atoms with van der Waals surface area (Å²) >= 11 is 1.54. The average molecular weight is 449 g/mol. The first-order chi connectivity index (χ1) is 15.0. The summed E-state index contributed by atoms with van der Waals surface area (Å²) in [5, 5.41) is 12.6. The Labute approximate surface area is 187 Å². The second-order valence-corrected chi connectivity index (χ2v) is 9.21. The number of benzene rings is 1. The molecule has 2 aliphatic rings. The highest BCUT2D eigenvalue weighted by Crippen LogP contribution is 2.35. The molecule has 7 nitrogen and oxygen atoms in total. The van der Waals surface area contributed by atoms with E-state index < -0.39 is 12.0 Å². The maximum atomic E-state index is 13.2. The summed E-state index contributed by atoms with van der Waals surface area (Å²) in [4.78, 5) is 39.4. The van der Waals surface area contributed by atoms with E-state index in [1.165, 1.54) is 11.3 Å². The molecule has 0 aromatic heterocycles. The molecule has 1 fully saturated rings. The highest BCUT2D eigenvalue weighted by atomic mass is 32.2. The molecule has 170 valence electrons. The minimum absolute atomic E-state index is 0.141. The monoisotopic (exact) mass is 448 g/mol. The SMILES string of the molecule is CCOC(=O)C(CCNC1CSc2ccccc2N(CC(=O)O)C1=O)C1CCCCC1. The minimum Gasteiger partial charge on any atom is -0.480 e. The standard InChI is InChI=1S/C23H32N2O5S/c1-2-30-23(29)17(16-8-4-3-5-9-16)12-13-24-18-15-31-20-11-7-6-10-19(20)25(22(18)28)14-21(26)27/h6-7,10-11,16-18,24H,2-5,8-9,12-15H2,1H3,(H,26,27). The summed E-state index contributed by atoms with van der Waals surface area (Å²) < 4.78 is 5.33. The lowest BCUT2D eigenvalue weighted by atomic mass is 9.78. The first kappa shape index (κ1) is 23.6. The molecule has 2 unspecified atom stereocenters. The molecule has 1 heterocycles. The van der Waals surface area contributed by atoms with Gasteiger partial charge < -0.3 is 15.2 Å². The molecular formula is C23H32N2O5S. The number of hydrogen-bond acceptors (Lipinski definition) is 6. The zero-order chi connectivity index (χ0) is 22.2. The fourth-order valence-corrected chi connectivity index (χ4v) is 5.65. The van der Waals surface area contributed by atoms with Crippen molar-refractivity contribution in [2.24, 2.45) is 11.8 Å². The Bertz CT molecular complexity index is 781. The van der Waals surface area contributed by atoms with Gasteiger partial charge in [-0.25, -0.2) is 0 Å². The minimum atomic E-state index is -1.05. The number of carboxylic acids is 1. The molecule has 1 amide bonds. The number of fused-ring (bicyclic) bond motifs is 1. The molecule has 1 aliphatic heterocycles. The largest absolute Gasteiger partial charge is 0.480 e. The zero-order valence-corrected chi connectivity index (χ0v) is 18.9. The fraction of sp³-hybridized carbons (Fsp3) is 0.609. The lowest BCUT2D eigenvalue weighted by Gasteiger charge is -2.29. The quantitative estimate of drug-likeness (QED) is 0.560. The van der Waals surface area contributed by atoms with E-state index in [1.807, 2.05) is 25.1 Å². The summed E-state index contributed by atoms with van der Waals surface area (Å²) in [6, 6.07) is 6.88. The Balaban J connectivity index is 1.66. The van der Waals surface area contributed by atoms with Gasteiger partial charge in [-0.3, -0.25) is 19.3 Å². The van der Waals surface area contributed by atoms with Crippen LogP contribution in [0.3, 0.4) is 0 Å². The van der Waals surface area contributed by atoms with E-state index in [9.17, 15) is 19.5 Å². The lowest BCUT2D eigenvalue weighted by Crippen LogP contribution is -2.49. The van der Waals surface area contributed by atoms with Crippen LogP contribution in [0.4, 0.5) is 5.69 Å². The molecule has 0 spiro atoms. The average Bonchev–Trinajstić information content (AvgIpc) is 2.89. The van der Waals surface area contributed by atoms with Crippen molar-refractivity contribution in [3.8, 4) is 0 Å². The molecule has 0 bridgehead atoms. The highest BCUT2D eigenvalue weighted by Gasteiger charge is 2.33. The van der Waals surface area contributed by atoms with Crippen LogP contribution in [-0.4, -0.2) is 54.4 Å². The van der Waals surface area contributed by atoms with Crippen LogP contribution >= 0.6 is 11.8 Å². The third-order valence-corrected chi connectivity index (χ3v) is 7.23. The number of nitrogens with one attached hydrogen (secondary N) is 1. The first-order valence-corrected chi connectivity index (χ1v) is 12.1. The fourth-order valence-electron chi connectivity index (χ4n) is 4.54. The topological polar surface area (TPSA) is 95.9 Å². The van der Waals surface area contributed by atoms with Crippen molar-refractivity contribution >= 4 is 35.3 Å². The number of para-hydroxylation sites is 1. The van der Waals surface area contributed by atoms with Crippen molar-refractivity contribution in [3.05, 3.63) is 24.3 Å². The highest BCUT2D eigenvalue weighted by molar-refractivity contribution is 7.99. The molecule has 3 rings (SSSR count). The van der Waals surface area contributed by atoms with Gasteiger partial charge in [0.25, 0.3) is 0 Å². The van der Waals surface area contributed by atoms with Crippen LogP contribution in [0, 0.1) is 11.8 Å². The number of carboxylic acid groups (broad SMARTS) is 1. The third-order valence-electron chi connectivity index (χ3n) is 6.07. The molecule has 1 saturated carbocycles. The number of anilines is 1. The molecular weight excluding hydrogens is 416 g/mol. The number of esters is 1. The van der Waals surface area contributed by atoms with E-state index in [-0.39, 0.29) is 24.3 Å². The van der Waals surface area contributed by atoms with Crippen LogP contribution in [-0.2, 0) is 19.1 Å². The van der Waals surface area contributed by atoms with Crippen molar-refractivity contribution < 1.29 is 24.2 Å². The summed E-state index contributed by atoms with van der Waals surface area (Å²) in [7, 11) is 0. The Morgan fingerprint density at radius 3 is 2.71 bits per heavy atom. The second kappa shape index (κ2) is 11.5. The Morgan fingerprint density at radius 1 is 1.26 bits per heavy atom. The van der Waals surface area contributed by atoms with Crippen LogP contribution in [0.1, 0.15) is 45.4 Å². The zero-order valence-electron chi connectivity index (χ0n) is 18.0. The Kier molecular flexibility index (Phi) is 8.78. The van der Waals surface area contributed by atoms with Crippen molar-refractivity contribution in [2.45, 2.75) is 56.4 Å². The molecule has 1 aliphatic carbocycles. The number of ether oxygens (including phenoxy) is 1. The van der Waals surface area contributed by atoms with Gasteiger partial charge in [-0.1, -0.05) is 31.4 Å². The second-order valence-electron chi connectivity index (χ2n) is 8.15. The van der Waals surface area contributed by atoms with E-state index in [0.29, 0.717) is 36.9 Å². The number of thioether (sulfide) groups is 1. The first-order valence-electron chi connectivity index (χ1n) is 11.2. The number of rotatable bonds is 9. The van der Waals surface area contributed by atoms with E-state index >= 15 is 0 Å². The molecule has 31 heavy (non-hydrogen) atoms. The van der Waals surface area contributed by atoms with Gasteiger partial charge in [0.05, 0.1) is 24.3 Å². The maximum Gasteiger partial charge on any atom is 0.323 e. The molecule has 1 aromatic rings. The van der Waals surface area contributed by atoms with E-state index in [0.717, 1.165) is 30.6 Å². The van der Waals surface area contributed by atoms with Gasteiger partial charge in [-0.15, -0.1) is 11.8 Å².